The van der Waals surface area contributed by atoms with E-state index in [2.05, 4.69) is 22.2 Å². The van der Waals surface area contributed by atoms with Gasteiger partial charge in [0.1, 0.15) is 18.0 Å². The van der Waals surface area contributed by atoms with Crippen molar-refractivity contribution in [2.75, 3.05) is 0 Å². The SMILES string of the molecule is CCCCC[C@@H](O)c1cn(C[C@H]2O[C@@H](n3cc(C)c(=O)[nH]c3=O)CC2O)nn1. The van der Waals surface area contributed by atoms with Crippen molar-refractivity contribution in [1.29, 1.82) is 0 Å². The summed E-state index contributed by atoms with van der Waals surface area (Å²) in [6.07, 6.45) is 4.26. The number of aryl methyl sites for hydroxylation is 1. The lowest BCUT2D eigenvalue weighted by molar-refractivity contribution is -0.0302. The molecule has 1 aliphatic rings. The number of rotatable bonds is 8. The monoisotopic (exact) mass is 393 g/mol. The van der Waals surface area contributed by atoms with Gasteiger partial charge < -0.3 is 14.9 Å². The maximum atomic E-state index is 12.0. The van der Waals surface area contributed by atoms with Gasteiger partial charge in [0.15, 0.2) is 0 Å². The minimum absolute atomic E-state index is 0.219. The van der Waals surface area contributed by atoms with Crippen molar-refractivity contribution in [3.8, 4) is 0 Å². The van der Waals surface area contributed by atoms with Crippen molar-refractivity contribution < 1.29 is 14.9 Å². The van der Waals surface area contributed by atoms with E-state index in [4.69, 9.17) is 4.74 Å². The normalized spacial score (nSPS) is 23.2. The zero-order valence-electron chi connectivity index (χ0n) is 16.1. The van der Waals surface area contributed by atoms with Gasteiger partial charge in [-0.1, -0.05) is 31.4 Å². The molecule has 1 saturated heterocycles. The van der Waals surface area contributed by atoms with E-state index in [1.807, 2.05) is 0 Å². The highest BCUT2D eigenvalue weighted by Gasteiger charge is 2.36. The van der Waals surface area contributed by atoms with Gasteiger partial charge in [-0.25, -0.2) is 9.48 Å². The Kier molecular flexibility index (Phi) is 6.42. The highest BCUT2D eigenvalue weighted by Crippen LogP contribution is 2.28. The highest BCUT2D eigenvalue weighted by molar-refractivity contribution is 5.02. The van der Waals surface area contributed by atoms with E-state index < -0.39 is 35.8 Å². The Labute approximate surface area is 161 Å². The number of aliphatic hydroxyl groups excluding tert-OH is 2. The Bertz CT molecular complexity index is 904. The molecule has 0 bridgehead atoms. The van der Waals surface area contributed by atoms with Crippen molar-refractivity contribution in [2.45, 2.75) is 77.0 Å². The van der Waals surface area contributed by atoms with Crippen molar-refractivity contribution in [2.24, 2.45) is 0 Å². The molecule has 28 heavy (non-hydrogen) atoms. The molecule has 0 aliphatic carbocycles. The van der Waals surface area contributed by atoms with Gasteiger partial charge in [0.05, 0.1) is 24.9 Å². The molecular formula is C18H27N5O5. The third kappa shape index (κ3) is 4.57. The standard InChI is InChI=1S/C18H27N5O5/c1-3-4-5-6-13(24)12-9-22(21-20-12)10-15-14(25)7-16(28-15)23-8-11(2)17(26)19-18(23)27/h8-9,13-16,24-25H,3-7,10H2,1-2H3,(H,19,26,27)/t13-,14?,15-,16-/m1/s1. The Morgan fingerprint density at radius 1 is 1.36 bits per heavy atom. The van der Waals surface area contributed by atoms with Crippen LogP contribution in [0.15, 0.2) is 22.0 Å². The number of unbranched alkanes of at least 4 members (excludes halogenated alkanes) is 2. The fraction of sp³-hybridized carbons (Fsp3) is 0.667. The second kappa shape index (κ2) is 8.80. The first-order chi connectivity index (χ1) is 13.4. The lowest BCUT2D eigenvalue weighted by Gasteiger charge is -2.16. The van der Waals surface area contributed by atoms with Crippen molar-refractivity contribution >= 4 is 0 Å². The summed E-state index contributed by atoms with van der Waals surface area (Å²) in [5.74, 6) is 0. The van der Waals surface area contributed by atoms with Crippen LogP contribution in [-0.4, -0.2) is 47.0 Å². The molecule has 0 radical (unpaired) electrons. The minimum atomic E-state index is -0.800. The Balaban J connectivity index is 1.64. The summed E-state index contributed by atoms with van der Waals surface area (Å²) in [6, 6.07) is 0. The molecule has 3 heterocycles. The third-order valence-corrected chi connectivity index (χ3v) is 5.01. The zero-order chi connectivity index (χ0) is 20.3. The van der Waals surface area contributed by atoms with Gasteiger partial charge in [0.2, 0.25) is 0 Å². The molecule has 0 saturated carbocycles. The van der Waals surface area contributed by atoms with Crippen LogP contribution in [0.5, 0.6) is 0 Å². The molecule has 10 nitrogen and oxygen atoms in total. The molecule has 3 rings (SSSR count). The predicted octanol–water partition coefficient (Wildman–Crippen LogP) is 0.399. The summed E-state index contributed by atoms with van der Waals surface area (Å²) < 4.78 is 8.63. The number of aliphatic hydroxyl groups is 2. The summed E-state index contributed by atoms with van der Waals surface area (Å²) in [7, 11) is 0. The van der Waals surface area contributed by atoms with E-state index in [0.29, 0.717) is 17.7 Å². The van der Waals surface area contributed by atoms with Crippen LogP contribution in [0.4, 0.5) is 0 Å². The topological polar surface area (TPSA) is 135 Å². The van der Waals surface area contributed by atoms with Crippen molar-refractivity contribution in [1.82, 2.24) is 24.5 Å². The molecule has 2 aromatic rings. The number of aromatic nitrogens is 5. The van der Waals surface area contributed by atoms with E-state index in [1.165, 1.54) is 15.4 Å². The third-order valence-electron chi connectivity index (χ3n) is 5.01. The number of nitrogens with zero attached hydrogens (tertiary/aromatic N) is 4. The van der Waals surface area contributed by atoms with Gasteiger partial charge in [-0.2, -0.15) is 0 Å². The molecule has 10 heteroatoms. The lowest BCUT2D eigenvalue weighted by atomic mass is 10.1. The molecule has 3 N–H and O–H groups in total. The molecule has 2 aromatic heterocycles. The first kappa shape index (κ1) is 20.4. The molecule has 154 valence electrons. The summed E-state index contributed by atoms with van der Waals surface area (Å²) in [4.78, 5) is 25.8. The molecule has 0 spiro atoms. The molecule has 1 fully saturated rings. The molecule has 0 amide bonds. The van der Waals surface area contributed by atoms with Crippen LogP contribution in [0.25, 0.3) is 0 Å². The average molecular weight is 393 g/mol. The van der Waals surface area contributed by atoms with E-state index in [-0.39, 0.29) is 13.0 Å². The minimum Gasteiger partial charge on any atom is -0.390 e. The van der Waals surface area contributed by atoms with Gasteiger partial charge in [0, 0.05) is 18.2 Å². The van der Waals surface area contributed by atoms with E-state index in [9.17, 15) is 19.8 Å². The maximum Gasteiger partial charge on any atom is 0.330 e. The van der Waals surface area contributed by atoms with Gasteiger partial charge in [-0.3, -0.25) is 14.3 Å². The highest BCUT2D eigenvalue weighted by atomic mass is 16.5. The van der Waals surface area contributed by atoms with Gasteiger partial charge in [0.25, 0.3) is 5.56 Å². The molecular weight excluding hydrogens is 366 g/mol. The zero-order valence-corrected chi connectivity index (χ0v) is 16.1. The van der Waals surface area contributed by atoms with Crippen LogP contribution in [-0.2, 0) is 11.3 Å². The second-order valence-electron chi connectivity index (χ2n) is 7.29. The van der Waals surface area contributed by atoms with Crippen molar-refractivity contribution in [3.63, 3.8) is 0 Å². The van der Waals surface area contributed by atoms with Crippen LogP contribution >= 0.6 is 0 Å². The molecule has 4 atom stereocenters. The van der Waals surface area contributed by atoms with E-state index in [0.717, 1.165) is 19.3 Å². The largest absolute Gasteiger partial charge is 0.390 e. The van der Waals surface area contributed by atoms with Crippen LogP contribution in [0, 0.1) is 6.92 Å². The molecule has 1 aliphatic heterocycles. The second-order valence-corrected chi connectivity index (χ2v) is 7.29. The van der Waals surface area contributed by atoms with Crippen LogP contribution in [0.3, 0.4) is 0 Å². The fourth-order valence-corrected chi connectivity index (χ4v) is 3.33. The number of hydrogen-bond donors (Lipinski definition) is 3. The quantitative estimate of drug-likeness (QED) is 0.552. The van der Waals surface area contributed by atoms with Crippen LogP contribution < -0.4 is 11.2 Å². The lowest BCUT2D eigenvalue weighted by Crippen LogP contribution is -2.33. The first-order valence-corrected chi connectivity index (χ1v) is 9.62. The Morgan fingerprint density at radius 2 is 2.14 bits per heavy atom. The smallest absolute Gasteiger partial charge is 0.330 e. The Morgan fingerprint density at radius 3 is 2.89 bits per heavy atom. The van der Waals surface area contributed by atoms with Crippen LogP contribution in [0.1, 0.15) is 62.6 Å². The summed E-state index contributed by atoms with van der Waals surface area (Å²) in [5, 5.41) is 28.5. The fourth-order valence-electron chi connectivity index (χ4n) is 3.33. The number of H-pyrrole nitrogens is 1. The summed E-state index contributed by atoms with van der Waals surface area (Å²) in [6.45, 7) is 3.94. The number of hydrogen-bond acceptors (Lipinski definition) is 7. The van der Waals surface area contributed by atoms with Gasteiger partial charge in [-0.15, -0.1) is 5.10 Å². The maximum absolute atomic E-state index is 12.0. The van der Waals surface area contributed by atoms with Crippen molar-refractivity contribution in [3.05, 3.63) is 44.5 Å². The van der Waals surface area contributed by atoms with E-state index >= 15 is 0 Å². The predicted molar refractivity (Wildman–Crippen MR) is 99.7 cm³/mol. The van der Waals surface area contributed by atoms with Crippen LogP contribution in [0.2, 0.25) is 0 Å². The van der Waals surface area contributed by atoms with E-state index in [1.54, 1.807) is 13.1 Å². The average Bonchev–Trinajstić information content (AvgIpc) is 3.26. The number of ether oxygens (including phenoxy) is 1. The number of nitrogens with one attached hydrogen (secondary N) is 1. The first-order valence-electron chi connectivity index (χ1n) is 9.62. The number of aromatic amines is 1. The Hall–Kier alpha value is -2.30. The molecule has 1 unspecified atom stereocenters. The molecule has 0 aromatic carbocycles. The van der Waals surface area contributed by atoms with Gasteiger partial charge in [-0.05, 0) is 13.3 Å². The summed E-state index contributed by atoms with van der Waals surface area (Å²) >= 11 is 0. The summed E-state index contributed by atoms with van der Waals surface area (Å²) in [5.41, 5.74) is -0.137. The van der Waals surface area contributed by atoms with Gasteiger partial charge >= 0.3 is 5.69 Å².